The van der Waals surface area contributed by atoms with Crippen molar-refractivity contribution < 1.29 is 27.4 Å². The molecule has 9 heteroatoms. The van der Waals surface area contributed by atoms with Crippen molar-refractivity contribution in [3.63, 3.8) is 0 Å². The van der Waals surface area contributed by atoms with E-state index in [1.54, 1.807) is 36.4 Å². The molecule has 1 amide bonds. The smallest absolute Gasteiger partial charge is 0.261 e. The van der Waals surface area contributed by atoms with E-state index >= 15 is 0 Å². The third kappa shape index (κ3) is 4.94. The van der Waals surface area contributed by atoms with Gasteiger partial charge in [-0.1, -0.05) is 12.1 Å². The molecule has 3 aromatic rings. The van der Waals surface area contributed by atoms with Crippen LogP contribution in [-0.4, -0.2) is 27.7 Å². The molecule has 1 heterocycles. The van der Waals surface area contributed by atoms with E-state index in [4.69, 9.17) is 14.2 Å². The molecule has 0 unspecified atom stereocenters. The fraction of sp³-hybridized carbons (Fsp3) is 0.174. The predicted octanol–water partition coefficient (Wildman–Crippen LogP) is 3.54. The van der Waals surface area contributed by atoms with Crippen molar-refractivity contribution in [3.8, 4) is 17.2 Å². The summed E-state index contributed by atoms with van der Waals surface area (Å²) in [6.07, 6.45) is 0. The fourth-order valence-electron chi connectivity index (χ4n) is 3.15. The topological polar surface area (TPSA) is 103 Å². The SMILES string of the molecule is CCOc1ccc(S(=O)(=O)Nc2cccc(C(=O)NCc3ccc4c(c3)OCO4)c2)cc1. The van der Waals surface area contributed by atoms with E-state index in [1.165, 1.54) is 18.2 Å². The number of ether oxygens (including phenoxy) is 3. The predicted molar refractivity (Wildman–Crippen MR) is 119 cm³/mol. The van der Waals surface area contributed by atoms with Crippen LogP contribution in [0.25, 0.3) is 0 Å². The number of sulfonamides is 1. The maximum Gasteiger partial charge on any atom is 0.261 e. The van der Waals surface area contributed by atoms with Gasteiger partial charge in [0.05, 0.1) is 11.5 Å². The molecule has 1 aliphatic rings. The van der Waals surface area contributed by atoms with Crippen molar-refractivity contribution in [2.45, 2.75) is 18.4 Å². The first kappa shape index (κ1) is 21.5. The number of rotatable bonds is 8. The average molecular weight is 455 g/mol. The monoisotopic (exact) mass is 454 g/mol. The van der Waals surface area contributed by atoms with Gasteiger partial charge >= 0.3 is 0 Å². The molecule has 0 bridgehead atoms. The number of anilines is 1. The zero-order valence-electron chi connectivity index (χ0n) is 17.3. The molecular formula is C23H22N2O6S. The number of carbonyl (C=O) groups is 1. The van der Waals surface area contributed by atoms with Crippen LogP contribution in [0.4, 0.5) is 5.69 Å². The highest BCUT2D eigenvalue weighted by molar-refractivity contribution is 7.92. The minimum Gasteiger partial charge on any atom is -0.494 e. The minimum atomic E-state index is -3.81. The first-order valence-electron chi connectivity index (χ1n) is 9.97. The number of benzene rings is 3. The third-order valence-electron chi connectivity index (χ3n) is 4.71. The lowest BCUT2D eigenvalue weighted by atomic mass is 10.1. The van der Waals surface area contributed by atoms with E-state index in [2.05, 4.69) is 10.0 Å². The number of hydrogen-bond acceptors (Lipinski definition) is 6. The van der Waals surface area contributed by atoms with Gasteiger partial charge in [-0.15, -0.1) is 0 Å². The Balaban J connectivity index is 1.41. The van der Waals surface area contributed by atoms with E-state index < -0.39 is 10.0 Å². The molecule has 2 N–H and O–H groups in total. The molecule has 0 fully saturated rings. The lowest BCUT2D eigenvalue weighted by Crippen LogP contribution is -2.23. The van der Waals surface area contributed by atoms with Gasteiger partial charge < -0.3 is 19.5 Å². The van der Waals surface area contributed by atoms with Gasteiger partial charge in [-0.05, 0) is 67.1 Å². The second-order valence-electron chi connectivity index (χ2n) is 6.96. The van der Waals surface area contributed by atoms with Gasteiger partial charge in [-0.3, -0.25) is 9.52 Å². The van der Waals surface area contributed by atoms with Gasteiger partial charge in [-0.25, -0.2) is 8.42 Å². The van der Waals surface area contributed by atoms with Crippen LogP contribution in [0.2, 0.25) is 0 Å². The standard InChI is InChI=1S/C23H22N2O6S/c1-2-29-19-7-9-20(10-8-19)32(27,28)25-18-5-3-4-17(13-18)23(26)24-14-16-6-11-21-22(12-16)31-15-30-21/h3-13,25H,2,14-15H2,1H3,(H,24,26). The van der Waals surface area contributed by atoms with Crippen LogP contribution in [0.15, 0.2) is 71.6 Å². The molecule has 0 aliphatic carbocycles. The summed E-state index contributed by atoms with van der Waals surface area (Å²) in [7, 11) is -3.81. The number of nitrogens with one attached hydrogen (secondary N) is 2. The number of hydrogen-bond donors (Lipinski definition) is 2. The van der Waals surface area contributed by atoms with Crippen molar-refractivity contribution in [1.29, 1.82) is 0 Å². The Hall–Kier alpha value is -3.72. The zero-order valence-corrected chi connectivity index (χ0v) is 18.1. The highest BCUT2D eigenvalue weighted by Gasteiger charge is 2.16. The molecule has 3 aromatic carbocycles. The molecule has 0 atom stereocenters. The van der Waals surface area contributed by atoms with Crippen molar-refractivity contribution in [1.82, 2.24) is 5.32 Å². The van der Waals surface area contributed by atoms with E-state index in [9.17, 15) is 13.2 Å². The van der Waals surface area contributed by atoms with E-state index in [-0.39, 0.29) is 29.8 Å². The molecule has 0 radical (unpaired) electrons. The molecule has 0 aromatic heterocycles. The Morgan fingerprint density at radius 2 is 1.78 bits per heavy atom. The molecule has 0 spiro atoms. The summed E-state index contributed by atoms with van der Waals surface area (Å²) in [5.74, 6) is 1.58. The second kappa shape index (κ2) is 9.19. The number of fused-ring (bicyclic) bond motifs is 1. The van der Waals surface area contributed by atoms with Crippen molar-refractivity contribution in [2.24, 2.45) is 0 Å². The summed E-state index contributed by atoms with van der Waals surface area (Å²) in [5.41, 5.74) is 1.47. The quantitative estimate of drug-likeness (QED) is 0.540. The molecule has 1 aliphatic heterocycles. The van der Waals surface area contributed by atoms with Crippen LogP contribution >= 0.6 is 0 Å². The van der Waals surface area contributed by atoms with Gasteiger partial charge in [0.15, 0.2) is 11.5 Å². The Morgan fingerprint density at radius 1 is 1.00 bits per heavy atom. The van der Waals surface area contributed by atoms with E-state index in [0.717, 1.165) is 5.56 Å². The highest BCUT2D eigenvalue weighted by Crippen LogP contribution is 2.32. The molecule has 0 saturated heterocycles. The van der Waals surface area contributed by atoms with Gasteiger partial charge in [0.25, 0.3) is 15.9 Å². The molecule has 8 nitrogen and oxygen atoms in total. The van der Waals surface area contributed by atoms with E-state index in [0.29, 0.717) is 29.4 Å². The second-order valence-corrected chi connectivity index (χ2v) is 8.64. The van der Waals surface area contributed by atoms with Crippen LogP contribution in [0.3, 0.4) is 0 Å². The van der Waals surface area contributed by atoms with Crippen molar-refractivity contribution in [3.05, 3.63) is 77.9 Å². The lowest BCUT2D eigenvalue weighted by Gasteiger charge is -2.11. The third-order valence-corrected chi connectivity index (χ3v) is 6.11. The normalized spacial score (nSPS) is 12.3. The summed E-state index contributed by atoms with van der Waals surface area (Å²) in [5, 5.41) is 2.82. The summed E-state index contributed by atoms with van der Waals surface area (Å²) < 4.78 is 43.8. The molecule has 0 saturated carbocycles. The zero-order chi connectivity index (χ0) is 22.6. The van der Waals surface area contributed by atoms with Crippen LogP contribution in [0.5, 0.6) is 17.2 Å². The molecular weight excluding hydrogens is 432 g/mol. The molecule has 166 valence electrons. The Kier molecular flexibility index (Phi) is 6.18. The maximum absolute atomic E-state index is 12.7. The van der Waals surface area contributed by atoms with Crippen LogP contribution in [-0.2, 0) is 16.6 Å². The molecule has 4 rings (SSSR count). The van der Waals surface area contributed by atoms with Crippen molar-refractivity contribution in [2.75, 3.05) is 18.1 Å². The Labute approximate surface area is 186 Å². The summed E-state index contributed by atoms with van der Waals surface area (Å²) in [6.45, 7) is 2.82. The summed E-state index contributed by atoms with van der Waals surface area (Å²) in [4.78, 5) is 12.7. The van der Waals surface area contributed by atoms with E-state index in [1.807, 2.05) is 19.1 Å². The van der Waals surface area contributed by atoms with Crippen molar-refractivity contribution >= 4 is 21.6 Å². The van der Waals surface area contributed by atoms with Gasteiger partial charge in [-0.2, -0.15) is 0 Å². The Morgan fingerprint density at radius 3 is 2.56 bits per heavy atom. The largest absolute Gasteiger partial charge is 0.494 e. The molecule has 32 heavy (non-hydrogen) atoms. The summed E-state index contributed by atoms with van der Waals surface area (Å²) in [6, 6.07) is 17.9. The fourth-order valence-corrected chi connectivity index (χ4v) is 4.20. The van der Waals surface area contributed by atoms with Gasteiger partial charge in [0.2, 0.25) is 6.79 Å². The Bertz CT molecular complexity index is 1230. The van der Waals surface area contributed by atoms with Crippen LogP contribution in [0.1, 0.15) is 22.8 Å². The first-order valence-corrected chi connectivity index (χ1v) is 11.5. The van der Waals surface area contributed by atoms with Gasteiger partial charge in [0, 0.05) is 17.8 Å². The van der Waals surface area contributed by atoms with Crippen LogP contribution < -0.4 is 24.2 Å². The summed E-state index contributed by atoms with van der Waals surface area (Å²) >= 11 is 0. The van der Waals surface area contributed by atoms with Crippen LogP contribution in [0, 0.1) is 0 Å². The average Bonchev–Trinajstić information content (AvgIpc) is 3.26. The number of carbonyl (C=O) groups excluding carboxylic acids is 1. The lowest BCUT2D eigenvalue weighted by molar-refractivity contribution is 0.0951. The highest BCUT2D eigenvalue weighted by atomic mass is 32.2. The first-order chi connectivity index (χ1) is 15.4. The van der Waals surface area contributed by atoms with Gasteiger partial charge in [0.1, 0.15) is 5.75 Å². The minimum absolute atomic E-state index is 0.0959. The number of amides is 1. The maximum atomic E-state index is 12.7.